The van der Waals surface area contributed by atoms with Crippen LogP contribution in [0.3, 0.4) is 0 Å². The molecule has 3 rings (SSSR count). The Hall–Kier alpha value is -3.49. The summed E-state index contributed by atoms with van der Waals surface area (Å²) < 4.78 is 40.9. The van der Waals surface area contributed by atoms with Gasteiger partial charge in [-0.3, -0.25) is 4.79 Å². The Morgan fingerprint density at radius 3 is 2.44 bits per heavy atom. The van der Waals surface area contributed by atoms with E-state index in [1.165, 1.54) is 53.7 Å². The van der Waals surface area contributed by atoms with E-state index in [0.29, 0.717) is 16.7 Å². The number of primary amides is 1. The SMILES string of the molecule is NC(=O)/C(=C/n1cnc(-c2cc(CF)cc(CF)c2)n1)c1cccnc1F. The van der Waals surface area contributed by atoms with Gasteiger partial charge in [-0.15, -0.1) is 5.10 Å². The van der Waals surface area contributed by atoms with Crippen molar-refractivity contribution < 1.29 is 18.0 Å². The van der Waals surface area contributed by atoms with E-state index in [1.54, 1.807) is 0 Å². The number of carbonyl (C=O) groups excluding carboxylic acids is 1. The van der Waals surface area contributed by atoms with E-state index >= 15 is 0 Å². The molecule has 27 heavy (non-hydrogen) atoms. The molecule has 2 aromatic heterocycles. The molecule has 9 heteroatoms. The minimum absolute atomic E-state index is 0.0822. The molecule has 0 saturated carbocycles. The maximum absolute atomic E-state index is 13.9. The van der Waals surface area contributed by atoms with Gasteiger partial charge < -0.3 is 5.73 Å². The molecule has 0 aliphatic carbocycles. The molecule has 0 atom stereocenters. The van der Waals surface area contributed by atoms with Crippen molar-refractivity contribution in [3.05, 3.63) is 65.5 Å². The Bertz CT molecular complexity index is 993. The zero-order valence-electron chi connectivity index (χ0n) is 13.9. The average molecular weight is 373 g/mol. The first kappa shape index (κ1) is 18.3. The lowest BCUT2D eigenvalue weighted by molar-refractivity contribution is -0.112. The summed E-state index contributed by atoms with van der Waals surface area (Å²) in [6.07, 6.45) is 3.71. The van der Waals surface area contributed by atoms with Crippen LogP contribution in [0, 0.1) is 5.95 Å². The van der Waals surface area contributed by atoms with E-state index in [2.05, 4.69) is 15.1 Å². The van der Waals surface area contributed by atoms with E-state index in [9.17, 15) is 18.0 Å². The Balaban J connectivity index is 2.01. The van der Waals surface area contributed by atoms with Gasteiger partial charge in [0, 0.05) is 23.5 Å². The van der Waals surface area contributed by atoms with Gasteiger partial charge >= 0.3 is 0 Å². The van der Waals surface area contributed by atoms with Crippen LogP contribution in [0.1, 0.15) is 16.7 Å². The fourth-order valence-corrected chi connectivity index (χ4v) is 2.50. The van der Waals surface area contributed by atoms with Crippen LogP contribution in [0.2, 0.25) is 0 Å². The van der Waals surface area contributed by atoms with E-state index in [0.717, 1.165) is 0 Å². The number of alkyl halides is 2. The van der Waals surface area contributed by atoms with Crippen LogP contribution in [0.25, 0.3) is 23.2 Å². The van der Waals surface area contributed by atoms with Crippen molar-refractivity contribution in [3.63, 3.8) is 0 Å². The van der Waals surface area contributed by atoms with Crippen LogP contribution in [0.4, 0.5) is 13.2 Å². The van der Waals surface area contributed by atoms with Crippen molar-refractivity contribution in [2.45, 2.75) is 13.3 Å². The van der Waals surface area contributed by atoms with Gasteiger partial charge in [0.25, 0.3) is 5.91 Å². The minimum Gasteiger partial charge on any atom is -0.366 e. The molecule has 2 N–H and O–H groups in total. The maximum Gasteiger partial charge on any atom is 0.251 e. The van der Waals surface area contributed by atoms with E-state index in [4.69, 9.17) is 5.73 Å². The summed E-state index contributed by atoms with van der Waals surface area (Å²) in [6, 6.07) is 7.23. The van der Waals surface area contributed by atoms with E-state index in [-0.39, 0.29) is 17.0 Å². The molecule has 1 amide bonds. The van der Waals surface area contributed by atoms with Crippen LogP contribution in [-0.2, 0) is 18.1 Å². The molecule has 3 aromatic rings. The molecule has 0 saturated heterocycles. The van der Waals surface area contributed by atoms with Crippen molar-refractivity contribution in [2.24, 2.45) is 5.73 Å². The molecule has 0 bridgehead atoms. The smallest absolute Gasteiger partial charge is 0.251 e. The largest absolute Gasteiger partial charge is 0.366 e. The molecule has 1 aromatic carbocycles. The summed E-state index contributed by atoms with van der Waals surface area (Å²) in [5.41, 5.74) is 6.10. The highest BCUT2D eigenvalue weighted by Gasteiger charge is 2.15. The molecule has 138 valence electrons. The van der Waals surface area contributed by atoms with Crippen LogP contribution in [0.15, 0.2) is 42.9 Å². The summed E-state index contributed by atoms with van der Waals surface area (Å²) in [5.74, 6) is -1.55. The van der Waals surface area contributed by atoms with Gasteiger partial charge in [0.1, 0.15) is 19.7 Å². The summed E-state index contributed by atoms with van der Waals surface area (Å²) in [5, 5.41) is 4.14. The second-order valence-corrected chi connectivity index (χ2v) is 5.60. The summed E-state index contributed by atoms with van der Waals surface area (Å²) in [6.45, 7) is -1.51. The number of rotatable bonds is 6. The first-order valence-electron chi connectivity index (χ1n) is 7.80. The number of nitrogens with zero attached hydrogens (tertiary/aromatic N) is 4. The van der Waals surface area contributed by atoms with Crippen molar-refractivity contribution >= 4 is 17.7 Å². The highest BCUT2D eigenvalue weighted by molar-refractivity contribution is 6.22. The standard InChI is InChI=1S/C18H14F3N5O/c19-7-11-4-12(8-20)6-13(5-11)18-24-10-26(25-18)9-15(17(22)27)14-2-1-3-23-16(14)21/h1-6,9-10H,7-8H2,(H2,22,27)/b15-9+. The number of hydrogen-bond donors (Lipinski definition) is 1. The fraction of sp³-hybridized carbons (Fsp3) is 0.111. The Morgan fingerprint density at radius 2 is 1.85 bits per heavy atom. The third-order valence-electron chi connectivity index (χ3n) is 3.70. The molecule has 0 aliphatic rings. The highest BCUT2D eigenvalue weighted by Crippen LogP contribution is 2.22. The van der Waals surface area contributed by atoms with E-state index < -0.39 is 25.2 Å². The molecule has 2 heterocycles. The molecule has 0 spiro atoms. The Kier molecular flexibility index (Phi) is 5.30. The lowest BCUT2D eigenvalue weighted by Gasteiger charge is -2.04. The molecular formula is C18H14F3N5O. The zero-order valence-corrected chi connectivity index (χ0v) is 13.9. The second kappa shape index (κ2) is 7.81. The van der Waals surface area contributed by atoms with Gasteiger partial charge in [0.15, 0.2) is 5.82 Å². The van der Waals surface area contributed by atoms with Gasteiger partial charge in [-0.2, -0.15) is 4.39 Å². The van der Waals surface area contributed by atoms with Gasteiger partial charge in [-0.1, -0.05) is 6.07 Å². The van der Waals surface area contributed by atoms with E-state index in [1.807, 2.05) is 0 Å². The van der Waals surface area contributed by atoms with Gasteiger partial charge in [0.05, 0.1) is 5.57 Å². The number of halogens is 3. The van der Waals surface area contributed by atoms with Crippen LogP contribution in [-0.4, -0.2) is 25.7 Å². The predicted octanol–water partition coefficient (Wildman–Crippen LogP) is 2.90. The lowest BCUT2D eigenvalue weighted by atomic mass is 10.1. The van der Waals surface area contributed by atoms with Crippen molar-refractivity contribution in [1.29, 1.82) is 0 Å². The highest BCUT2D eigenvalue weighted by atomic mass is 19.1. The van der Waals surface area contributed by atoms with Crippen LogP contribution in [0.5, 0.6) is 0 Å². The number of amides is 1. The molecular weight excluding hydrogens is 359 g/mol. The predicted molar refractivity (Wildman–Crippen MR) is 92.6 cm³/mol. The normalized spacial score (nSPS) is 11.6. The number of hydrogen-bond acceptors (Lipinski definition) is 4. The summed E-state index contributed by atoms with van der Waals surface area (Å²) >= 11 is 0. The monoisotopic (exact) mass is 373 g/mol. The van der Waals surface area contributed by atoms with Gasteiger partial charge in [-0.05, 0) is 35.4 Å². The van der Waals surface area contributed by atoms with Crippen LogP contribution >= 0.6 is 0 Å². The molecule has 0 fully saturated rings. The fourth-order valence-electron chi connectivity index (χ4n) is 2.50. The average Bonchev–Trinajstić information content (AvgIpc) is 3.15. The topological polar surface area (TPSA) is 86.7 Å². The number of aromatic nitrogens is 4. The first-order valence-corrected chi connectivity index (χ1v) is 7.80. The summed E-state index contributed by atoms with van der Waals surface area (Å²) in [7, 11) is 0. The van der Waals surface area contributed by atoms with Gasteiger partial charge in [0.2, 0.25) is 5.95 Å². The van der Waals surface area contributed by atoms with Crippen molar-refractivity contribution in [2.75, 3.05) is 0 Å². The Labute approximate surface area is 152 Å². The van der Waals surface area contributed by atoms with Crippen molar-refractivity contribution in [3.8, 4) is 11.4 Å². The zero-order chi connectivity index (χ0) is 19.4. The van der Waals surface area contributed by atoms with Crippen molar-refractivity contribution in [1.82, 2.24) is 19.7 Å². The van der Waals surface area contributed by atoms with Crippen LogP contribution < -0.4 is 5.73 Å². The third kappa shape index (κ3) is 4.02. The number of carbonyl (C=O) groups is 1. The molecule has 0 unspecified atom stereocenters. The molecule has 6 nitrogen and oxygen atoms in total. The third-order valence-corrected chi connectivity index (χ3v) is 3.70. The first-order chi connectivity index (χ1) is 13.0. The number of benzene rings is 1. The molecule has 0 radical (unpaired) electrons. The maximum atomic E-state index is 13.9. The number of nitrogens with two attached hydrogens (primary N) is 1. The lowest BCUT2D eigenvalue weighted by Crippen LogP contribution is -2.15. The van der Waals surface area contributed by atoms with Gasteiger partial charge in [-0.25, -0.2) is 23.4 Å². The summed E-state index contributed by atoms with van der Waals surface area (Å²) in [4.78, 5) is 19.3. The molecule has 0 aliphatic heterocycles. The second-order valence-electron chi connectivity index (χ2n) is 5.60. The Morgan fingerprint density at radius 1 is 1.15 bits per heavy atom. The number of pyridine rings is 1. The minimum atomic E-state index is -0.877. The quantitative estimate of drug-likeness (QED) is 0.532.